The van der Waals surface area contributed by atoms with Crippen LogP contribution < -0.4 is 20.7 Å². The summed E-state index contributed by atoms with van der Waals surface area (Å²) >= 11 is 5.97. The maximum Gasteiger partial charge on any atom is 0.323 e. The summed E-state index contributed by atoms with van der Waals surface area (Å²) in [5.41, 5.74) is 1.49. The van der Waals surface area contributed by atoms with Crippen LogP contribution in [0.1, 0.15) is 24.2 Å². The Balaban J connectivity index is 1.80. The minimum Gasteiger partial charge on any atom is -0.491 e. The van der Waals surface area contributed by atoms with Crippen molar-refractivity contribution in [3.05, 3.63) is 53.1 Å². The largest absolute Gasteiger partial charge is 0.491 e. The third-order valence-corrected chi connectivity index (χ3v) is 5.80. The summed E-state index contributed by atoms with van der Waals surface area (Å²) in [6, 6.07) is 11.5. The number of nitrogens with one attached hydrogen (secondary N) is 3. The predicted octanol–water partition coefficient (Wildman–Crippen LogP) is 4.08. The fourth-order valence-corrected chi connectivity index (χ4v) is 3.78. The van der Waals surface area contributed by atoms with Gasteiger partial charge in [0, 0.05) is 55.8 Å². The summed E-state index contributed by atoms with van der Waals surface area (Å²) < 4.78 is 11.6. The fourth-order valence-electron chi connectivity index (χ4n) is 3.59. The second-order valence-electron chi connectivity index (χ2n) is 8.36. The number of amides is 3. The van der Waals surface area contributed by atoms with E-state index in [1.54, 1.807) is 61.5 Å². The van der Waals surface area contributed by atoms with E-state index < -0.39 is 6.03 Å². The van der Waals surface area contributed by atoms with Gasteiger partial charge in [0.15, 0.2) is 0 Å². The summed E-state index contributed by atoms with van der Waals surface area (Å²) in [6.45, 7) is 5.68. The van der Waals surface area contributed by atoms with Gasteiger partial charge in [-0.15, -0.1) is 0 Å². The molecule has 9 heteroatoms. The van der Waals surface area contributed by atoms with Crippen LogP contribution in [0, 0.1) is 5.92 Å². The lowest BCUT2D eigenvalue weighted by molar-refractivity contribution is 0.0281. The molecule has 0 unspecified atom stereocenters. The van der Waals surface area contributed by atoms with Crippen molar-refractivity contribution in [1.29, 1.82) is 0 Å². The third-order valence-electron chi connectivity index (χ3n) is 5.57. The molecule has 0 fully saturated rings. The molecule has 2 aromatic carbocycles. The predicted molar refractivity (Wildman–Crippen MR) is 130 cm³/mol. The average Bonchev–Trinajstić information content (AvgIpc) is 2.78. The van der Waals surface area contributed by atoms with E-state index in [1.165, 1.54) is 0 Å². The maximum atomic E-state index is 13.2. The summed E-state index contributed by atoms with van der Waals surface area (Å²) in [5.74, 6) is 0.454. The van der Waals surface area contributed by atoms with Crippen LogP contribution in [0.3, 0.4) is 0 Å². The van der Waals surface area contributed by atoms with Crippen molar-refractivity contribution in [3.8, 4) is 5.75 Å². The molecule has 0 radical (unpaired) electrons. The number of anilines is 2. The lowest BCUT2D eigenvalue weighted by Gasteiger charge is -2.30. The van der Waals surface area contributed by atoms with Gasteiger partial charge in [-0.3, -0.25) is 4.79 Å². The lowest BCUT2D eigenvalue weighted by Crippen LogP contribution is -2.44. The second kappa shape index (κ2) is 11.4. The molecule has 3 rings (SSSR count). The molecule has 0 bridgehead atoms. The number of ether oxygens (including phenoxy) is 2. The number of carbonyl (C=O) groups is 2. The Morgan fingerprint density at radius 1 is 1.18 bits per heavy atom. The number of halogens is 1. The monoisotopic (exact) mass is 474 g/mol. The smallest absolute Gasteiger partial charge is 0.323 e. The van der Waals surface area contributed by atoms with Crippen molar-refractivity contribution in [2.75, 3.05) is 44.5 Å². The normalized spacial score (nSPS) is 21.8. The topological polar surface area (TPSA) is 91.9 Å². The van der Waals surface area contributed by atoms with Crippen LogP contribution >= 0.6 is 11.6 Å². The number of nitrogens with zero attached hydrogens (tertiary/aromatic N) is 1. The van der Waals surface area contributed by atoms with E-state index in [0.717, 1.165) is 6.54 Å². The Labute approximate surface area is 199 Å². The Morgan fingerprint density at radius 3 is 2.61 bits per heavy atom. The van der Waals surface area contributed by atoms with Gasteiger partial charge in [-0.05, 0) is 43.2 Å². The molecule has 178 valence electrons. The molecule has 3 amide bonds. The summed E-state index contributed by atoms with van der Waals surface area (Å²) in [7, 11) is 3.41. The van der Waals surface area contributed by atoms with Gasteiger partial charge < -0.3 is 30.3 Å². The van der Waals surface area contributed by atoms with Crippen molar-refractivity contribution in [1.82, 2.24) is 10.2 Å². The molecule has 1 heterocycles. The van der Waals surface area contributed by atoms with E-state index in [2.05, 4.69) is 22.9 Å². The van der Waals surface area contributed by atoms with Gasteiger partial charge in [0.2, 0.25) is 0 Å². The SMILES string of the molecule is CO[C@@H]1CN(C)C(=O)c2ccc(NC(=O)Nc3cccc(Cl)c3)cc2OC[C@H](C)NC[C@@H]1C. The molecular weight excluding hydrogens is 444 g/mol. The van der Waals surface area contributed by atoms with Crippen molar-refractivity contribution in [2.24, 2.45) is 5.92 Å². The Kier molecular flexibility index (Phi) is 8.55. The number of benzene rings is 2. The fraction of sp³-hybridized carbons (Fsp3) is 0.417. The summed E-state index contributed by atoms with van der Waals surface area (Å²) in [4.78, 5) is 27.2. The number of rotatable bonds is 3. The van der Waals surface area contributed by atoms with Gasteiger partial charge in [0.25, 0.3) is 5.91 Å². The first kappa shape index (κ1) is 24.8. The minimum absolute atomic E-state index is 0.0628. The number of likely N-dealkylation sites (N-methyl/N-ethyl adjacent to an activating group) is 1. The molecule has 33 heavy (non-hydrogen) atoms. The number of methoxy groups -OCH3 is 1. The lowest BCUT2D eigenvalue weighted by atomic mass is 10.0. The number of carbonyl (C=O) groups excluding carboxylic acids is 2. The molecule has 1 aliphatic heterocycles. The molecule has 0 saturated carbocycles. The summed E-state index contributed by atoms with van der Waals surface area (Å²) in [6.07, 6.45) is -0.0985. The van der Waals surface area contributed by atoms with Gasteiger partial charge in [0.05, 0.1) is 11.7 Å². The highest BCUT2D eigenvalue weighted by Gasteiger charge is 2.25. The van der Waals surface area contributed by atoms with Crippen LogP contribution in [0.15, 0.2) is 42.5 Å². The Morgan fingerprint density at radius 2 is 1.91 bits per heavy atom. The molecule has 1 aliphatic rings. The van der Waals surface area contributed by atoms with Gasteiger partial charge in [-0.25, -0.2) is 4.79 Å². The highest BCUT2D eigenvalue weighted by molar-refractivity contribution is 6.30. The average molecular weight is 475 g/mol. The van der Waals surface area contributed by atoms with Crippen LogP contribution in [0.2, 0.25) is 5.02 Å². The molecule has 2 aromatic rings. The second-order valence-corrected chi connectivity index (χ2v) is 8.79. The summed E-state index contributed by atoms with van der Waals surface area (Å²) in [5, 5.41) is 9.48. The minimum atomic E-state index is -0.430. The first-order valence-electron chi connectivity index (χ1n) is 10.9. The molecule has 0 spiro atoms. The first-order valence-corrected chi connectivity index (χ1v) is 11.3. The van der Waals surface area contributed by atoms with Crippen molar-refractivity contribution in [3.63, 3.8) is 0 Å². The molecule has 0 aliphatic carbocycles. The van der Waals surface area contributed by atoms with Crippen LogP contribution in [0.4, 0.5) is 16.2 Å². The van der Waals surface area contributed by atoms with Crippen molar-refractivity contribution < 1.29 is 19.1 Å². The maximum absolute atomic E-state index is 13.2. The number of urea groups is 1. The highest BCUT2D eigenvalue weighted by atomic mass is 35.5. The zero-order chi connectivity index (χ0) is 24.0. The van der Waals surface area contributed by atoms with Crippen LogP contribution in [-0.4, -0.2) is 62.8 Å². The van der Waals surface area contributed by atoms with Crippen molar-refractivity contribution in [2.45, 2.75) is 26.0 Å². The Hall–Kier alpha value is -2.81. The number of hydrogen-bond acceptors (Lipinski definition) is 5. The van der Waals surface area contributed by atoms with Gasteiger partial charge in [-0.1, -0.05) is 24.6 Å². The molecule has 0 aromatic heterocycles. The molecule has 3 N–H and O–H groups in total. The Bertz CT molecular complexity index is 987. The van der Waals surface area contributed by atoms with E-state index in [9.17, 15) is 9.59 Å². The number of fused-ring (bicyclic) bond motifs is 1. The van der Waals surface area contributed by atoms with Crippen LogP contribution in [0.25, 0.3) is 0 Å². The quantitative estimate of drug-likeness (QED) is 0.623. The number of hydrogen-bond donors (Lipinski definition) is 3. The molecule has 8 nitrogen and oxygen atoms in total. The van der Waals surface area contributed by atoms with E-state index in [1.807, 2.05) is 6.92 Å². The van der Waals surface area contributed by atoms with Gasteiger partial charge in [0.1, 0.15) is 12.4 Å². The van der Waals surface area contributed by atoms with E-state index >= 15 is 0 Å². The van der Waals surface area contributed by atoms with Crippen molar-refractivity contribution >= 4 is 34.9 Å². The first-order chi connectivity index (χ1) is 15.8. The zero-order valence-corrected chi connectivity index (χ0v) is 20.1. The van der Waals surface area contributed by atoms with E-state index in [4.69, 9.17) is 21.1 Å². The van der Waals surface area contributed by atoms with E-state index in [-0.39, 0.29) is 24.0 Å². The van der Waals surface area contributed by atoms with Crippen LogP contribution in [0.5, 0.6) is 5.75 Å². The van der Waals surface area contributed by atoms with E-state index in [0.29, 0.717) is 40.9 Å². The third kappa shape index (κ3) is 6.83. The van der Waals surface area contributed by atoms with Gasteiger partial charge in [-0.2, -0.15) is 0 Å². The molecule has 3 atom stereocenters. The van der Waals surface area contributed by atoms with Gasteiger partial charge >= 0.3 is 6.03 Å². The standard InChI is InChI=1S/C24H31ClN4O4/c1-15-12-26-16(2)14-33-21-11-19(28-24(31)27-18-7-5-6-17(25)10-18)8-9-20(21)23(30)29(3)13-22(15)32-4/h5-11,15-16,22,26H,12-14H2,1-4H3,(H2,27,28,31)/t15-,16-,22+/m0/s1. The molecular formula is C24H31ClN4O4. The van der Waals surface area contributed by atoms with Crippen LogP contribution in [-0.2, 0) is 4.74 Å². The molecule has 0 saturated heterocycles. The zero-order valence-electron chi connectivity index (χ0n) is 19.4. The highest BCUT2D eigenvalue weighted by Crippen LogP contribution is 2.26.